The van der Waals surface area contributed by atoms with Crippen molar-refractivity contribution >= 4 is 35.1 Å². The van der Waals surface area contributed by atoms with Crippen molar-refractivity contribution in [3.8, 4) is 0 Å². The van der Waals surface area contributed by atoms with Crippen molar-refractivity contribution in [2.24, 2.45) is 0 Å². The van der Waals surface area contributed by atoms with Crippen molar-refractivity contribution in [1.29, 1.82) is 0 Å². The molecule has 0 bridgehead atoms. The molecule has 0 aliphatic heterocycles. The smallest absolute Gasteiger partial charge is 0.195 e. The molecule has 32 heavy (non-hydrogen) atoms. The number of carbonyl (C=O) groups is 2. The number of rotatable bonds is 4. The number of aryl methyl sites for hydroxylation is 2. The van der Waals surface area contributed by atoms with Crippen LogP contribution in [-0.4, -0.2) is 11.6 Å². The van der Waals surface area contributed by atoms with Gasteiger partial charge in [-0.2, -0.15) is 0 Å². The van der Waals surface area contributed by atoms with Gasteiger partial charge in [-0.15, -0.1) is 0 Å². The summed E-state index contributed by atoms with van der Waals surface area (Å²) in [6.45, 7) is 4.09. The summed E-state index contributed by atoms with van der Waals surface area (Å²) in [5, 5.41) is 0. The highest BCUT2D eigenvalue weighted by atomic mass is 32.2. The number of fused-ring (bicyclic) bond motifs is 2. The van der Waals surface area contributed by atoms with Gasteiger partial charge >= 0.3 is 0 Å². The molecule has 0 amide bonds. The Hall–Kier alpha value is -3.08. The molecule has 0 saturated carbocycles. The van der Waals surface area contributed by atoms with E-state index in [0.29, 0.717) is 22.3 Å². The van der Waals surface area contributed by atoms with E-state index in [-0.39, 0.29) is 11.6 Å². The van der Waals surface area contributed by atoms with E-state index in [1.165, 1.54) is 29.1 Å². The van der Waals surface area contributed by atoms with E-state index in [0.717, 1.165) is 25.1 Å². The third-order valence-corrected chi connectivity index (χ3v) is 7.58. The van der Waals surface area contributed by atoms with Crippen molar-refractivity contribution in [3.05, 3.63) is 118 Å². The maximum Gasteiger partial charge on any atom is 0.195 e. The van der Waals surface area contributed by atoms with Gasteiger partial charge in [-0.25, -0.2) is 0 Å². The average molecular weight is 453 g/mol. The summed E-state index contributed by atoms with van der Waals surface area (Å²) in [6, 6.07) is 27.5. The molecule has 0 saturated heterocycles. The predicted octanol–water partition coefficient (Wildman–Crippen LogP) is 7.38. The topological polar surface area (TPSA) is 34.1 Å². The summed E-state index contributed by atoms with van der Waals surface area (Å²) in [5.41, 5.74) is 4.32. The molecule has 2 nitrogen and oxygen atoms in total. The maximum atomic E-state index is 13.6. The third-order valence-electron chi connectivity index (χ3n) is 5.46. The molecule has 4 aromatic rings. The van der Waals surface area contributed by atoms with E-state index in [1.807, 2.05) is 68.4 Å². The van der Waals surface area contributed by atoms with Crippen LogP contribution in [0.1, 0.15) is 43.0 Å². The molecule has 0 radical (unpaired) electrons. The van der Waals surface area contributed by atoms with Gasteiger partial charge < -0.3 is 0 Å². The van der Waals surface area contributed by atoms with Gasteiger partial charge in [0, 0.05) is 41.8 Å². The van der Waals surface area contributed by atoms with Crippen LogP contribution in [0.15, 0.2) is 105 Å². The minimum atomic E-state index is -0.0866. The first-order valence-corrected chi connectivity index (χ1v) is 12.0. The van der Waals surface area contributed by atoms with E-state index < -0.39 is 0 Å². The molecule has 4 aromatic carbocycles. The lowest BCUT2D eigenvalue weighted by molar-refractivity contribution is 0.0974. The van der Waals surface area contributed by atoms with Crippen LogP contribution < -0.4 is 0 Å². The highest BCUT2D eigenvalue weighted by Gasteiger charge is 2.33. The third kappa shape index (κ3) is 3.81. The number of hydrogen-bond acceptors (Lipinski definition) is 4. The molecule has 0 N–H and O–H groups in total. The SMILES string of the molecule is Cc1ccc(Sc2cccc3c2C(=O)c2cccc(Sc4cccc(C)c4)c2C3=O)cc1. The van der Waals surface area contributed by atoms with Gasteiger partial charge in [-0.05, 0) is 50.2 Å². The van der Waals surface area contributed by atoms with Crippen LogP contribution in [0.3, 0.4) is 0 Å². The molecule has 1 aliphatic rings. The zero-order valence-corrected chi connectivity index (χ0v) is 19.3. The summed E-state index contributed by atoms with van der Waals surface area (Å²) in [4.78, 5) is 30.9. The molecule has 0 spiro atoms. The Labute approximate surface area is 196 Å². The van der Waals surface area contributed by atoms with Crippen molar-refractivity contribution in [2.45, 2.75) is 33.4 Å². The van der Waals surface area contributed by atoms with Crippen LogP contribution >= 0.6 is 23.5 Å². The van der Waals surface area contributed by atoms with Crippen LogP contribution in [-0.2, 0) is 0 Å². The predicted molar refractivity (Wildman–Crippen MR) is 130 cm³/mol. The van der Waals surface area contributed by atoms with E-state index in [9.17, 15) is 9.59 Å². The van der Waals surface area contributed by atoms with E-state index in [2.05, 4.69) is 18.2 Å². The second-order valence-electron chi connectivity index (χ2n) is 7.85. The fourth-order valence-corrected chi connectivity index (χ4v) is 5.96. The minimum absolute atomic E-state index is 0.0864. The van der Waals surface area contributed by atoms with Crippen molar-refractivity contribution in [1.82, 2.24) is 0 Å². The second kappa shape index (κ2) is 8.45. The summed E-state index contributed by atoms with van der Waals surface area (Å²) in [7, 11) is 0. The number of ketones is 2. The first-order valence-electron chi connectivity index (χ1n) is 10.4. The lowest BCUT2D eigenvalue weighted by atomic mass is 9.84. The van der Waals surface area contributed by atoms with Gasteiger partial charge in [0.15, 0.2) is 11.6 Å². The Bertz CT molecular complexity index is 1370. The molecule has 0 heterocycles. The fourth-order valence-electron chi connectivity index (χ4n) is 3.89. The van der Waals surface area contributed by atoms with Crippen LogP contribution in [0.25, 0.3) is 0 Å². The van der Waals surface area contributed by atoms with Gasteiger partial charge in [-0.3, -0.25) is 9.59 Å². The van der Waals surface area contributed by atoms with Crippen LogP contribution in [0, 0.1) is 13.8 Å². The number of hydrogen-bond donors (Lipinski definition) is 0. The lowest BCUT2D eigenvalue weighted by Gasteiger charge is -2.22. The quantitative estimate of drug-likeness (QED) is 0.285. The molecule has 156 valence electrons. The maximum absolute atomic E-state index is 13.6. The Morgan fingerprint density at radius 2 is 1.06 bits per heavy atom. The first kappa shape index (κ1) is 20.8. The van der Waals surface area contributed by atoms with Gasteiger partial charge in [0.2, 0.25) is 0 Å². The molecule has 5 rings (SSSR count). The molecule has 4 heteroatoms. The van der Waals surface area contributed by atoms with Crippen molar-refractivity contribution in [3.63, 3.8) is 0 Å². The molecule has 0 fully saturated rings. The van der Waals surface area contributed by atoms with Crippen molar-refractivity contribution < 1.29 is 9.59 Å². The Balaban J connectivity index is 1.57. The molecule has 0 unspecified atom stereocenters. The average Bonchev–Trinajstić information content (AvgIpc) is 2.79. The van der Waals surface area contributed by atoms with Crippen LogP contribution in [0.5, 0.6) is 0 Å². The second-order valence-corrected chi connectivity index (χ2v) is 10.1. The summed E-state index contributed by atoms with van der Waals surface area (Å²) < 4.78 is 0. The van der Waals surface area contributed by atoms with Crippen LogP contribution in [0.2, 0.25) is 0 Å². The Morgan fingerprint density at radius 3 is 1.62 bits per heavy atom. The highest BCUT2D eigenvalue weighted by molar-refractivity contribution is 7.99. The van der Waals surface area contributed by atoms with Gasteiger partial charge in [-0.1, -0.05) is 83.2 Å². The monoisotopic (exact) mass is 452 g/mol. The van der Waals surface area contributed by atoms with Gasteiger partial charge in [0.1, 0.15) is 0 Å². The number of carbonyl (C=O) groups excluding carboxylic acids is 2. The zero-order valence-electron chi connectivity index (χ0n) is 17.7. The van der Waals surface area contributed by atoms with Crippen LogP contribution in [0.4, 0.5) is 0 Å². The number of benzene rings is 4. The fraction of sp³-hybridized carbons (Fsp3) is 0.0714. The Kier molecular flexibility index (Phi) is 5.50. The van der Waals surface area contributed by atoms with Gasteiger partial charge in [0.25, 0.3) is 0 Å². The normalized spacial score (nSPS) is 12.4. The molecular formula is C28H20O2S2. The molecule has 0 aromatic heterocycles. The molecule has 1 aliphatic carbocycles. The summed E-state index contributed by atoms with van der Waals surface area (Å²) >= 11 is 3.05. The molecular weight excluding hydrogens is 432 g/mol. The summed E-state index contributed by atoms with van der Waals surface area (Å²) in [5.74, 6) is -0.173. The lowest BCUT2D eigenvalue weighted by Crippen LogP contribution is -2.22. The van der Waals surface area contributed by atoms with Gasteiger partial charge in [0.05, 0.1) is 0 Å². The van der Waals surface area contributed by atoms with E-state index in [4.69, 9.17) is 0 Å². The minimum Gasteiger partial charge on any atom is -0.289 e. The highest BCUT2D eigenvalue weighted by Crippen LogP contribution is 2.41. The largest absolute Gasteiger partial charge is 0.289 e. The summed E-state index contributed by atoms with van der Waals surface area (Å²) in [6.07, 6.45) is 0. The van der Waals surface area contributed by atoms with E-state index in [1.54, 1.807) is 12.1 Å². The molecule has 0 atom stereocenters. The standard InChI is InChI=1S/C28H20O2S2/c1-17-12-14-19(15-13-17)31-23-10-4-8-21-25(23)27(29)22-9-5-11-24(26(22)28(21)30)32-20-7-3-6-18(2)16-20/h3-16H,1-2H3. The van der Waals surface area contributed by atoms with E-state index >= 15 is 0 Å². The zero-order chi connectivity index (χ0) is 22.2. The first-order chi connectivity index (χ1) is 15.5. The Morgan fingerprint density at radius 1 is 0.531 bits per heavy atom. The van der Waals surface area contributed by atoms with Crippen molar-refractivity contribution in [2.75, 3.05) is 0 Å².